The summed E-state index contributed by atoms with van der Waals surface area (Å²) in [5.41, 5.74) is 3.01. The lowest BCUT2D eigenvalue weighted by atomic mass is 10.0. The number of anilines is 1. The number of fused-ring (bicyclic) bond motifs is 1. The maximum absolute atomic E-state index is 12.7. The minimum absolute atomic E-state index is 0.0502. The predicted molar refractivity (Wildman–Crippen MR) is 96.7 cm³/mol. The Hall–Kier alpha value is -2.56. The van der Waals surface area contributed by atoms with Crippen LogP contribution in [-0.4, -0.2) is 30.6 Å². The molecule has 0 unspecified atom stereocenters. The molecule has 0 spiro atoms. The van der Waals surface area contributed by atoms with Gasteiger partial charge in [0.25, 0.3) is 0 Å². The quantitative estimate of drug-likeness (QED) is 0.911. The molecular formula is C20H23N3O2. The van der Waals surface area contributed by atoms with Crippen LogP contribution in [0.2, 0.25) is 0 Å². The number of amides is 1. The fraction of sp³-hybridized carbons (Fsp3) is 0.400. The summed E-state index contributed by atoms with van der Waals surface area (Å²) in [5, 5.41) is 3.24. The van der Waals surface area contributed by atoms with Gasteiger partial charge in [-0.25, -0.2) is 4.98 Å². The molecule has 5 heteroatoms. The van der Waals surface area contributed by atoms with Crippen molar-refractivity contribution in [1.82, 2.24) is 10.3 Å². The normalized spacial score (nSPS) is 17.4. The van der Waals surface area contributed by atoms with E-state index in [4.69, 9.17) is 4.74 Å². The first-order chi connectivity index (χ1) is 12.2. The Morgan fingerprint density at radius 1 is 1.28 bits per heavy atom. The first-order valence-electron chi connectivity index (χ1n) is 8.90. The van der Waals surface area contributed by atoms with Crippen molar-refractivity contribution in [3.8, 4) is 5.88 Å². The molecule has 1 aromatic heterocycles. The van der Waals surface area contributed by atoms with Gasteiger partial charge in [-0.2, -0.15) is 0 Å². The van der Waals surface area contributed by atoms with Crippen LogP contribution in [0.15, 0.2) is 42.5 Å². The number of pyridine rings is 1. The number of nitrogens with one attached hydrogen (secondary N) is 1. The summed E-state index contributed by atoms with van der Waals surface area (Å²) in [6, 6.07) is 14.3. The topological polar surface area (TPSA) is 54.5 Å². The van der Waals surface area contributed by atoms with Crippen LogP contribution >= 0.6 is 0 Å². The zero-order chi connectivity index (χ0) is 17.2. The fourth-order valence-corrected chi connectivity index (χ4v) is 3.37. The minimum atomic E-state index is 0.0502. The number of rotatable bonds is 5. The van der Waals surface area contributed by atoms with Crippen molar-refractivity contribution < 1.29 is 9.53 Å². The molecule has 1 atom stereocenters. The van der Waals surface area contributed by atoms with E-state index in [1.165, 1.54) is 18.4 Å². The molecule has 4 rings (SSSR count). The molecular weight excluding hydrogens is 314 g/mol. The number of aryl methyl sites for hydroxylation is 1. The first kappa shape index (κ1) is 15.9. The van der Waals surface area contributed by atoms with E-state index in [1.54, 1.807) is 0 Å². The van der Waals surface area contributed by atoms with E-state index in [0.717, 1.165) is 11.4 Å². The second-order valence-corrected chi connectivity index (χ2v) is 6.84. The van der Waals surface area contributed by atoms with E-state index in [9.17, 15) is 4.79 Å². The molecule has 1 aliphatic carbocycles. The third-order valence-electron chi connectivity index (χ3n) is 4.82. The molecule has 1 N–H and O–H groups in total. The van der Waals surface area contributed by atoms with Gasteiger partial charge in [-0.15, -0.1) is 0 Å². The molecule has 2 aliphatic rings. The van der Waals surface area contributed by atoms with E-state index >= 15 is 0 Å². The summed E-state index contributed by atoms with van der Waals surface area (Å²) < 4.78 is 5.63. The minimum Gasteiger partial charge on any atom is -0.474 e. The van der Waals surface area contributed by atoms with Gasteiger partial charge < -0.3 is 15.0 Å². The number of hydrogen-bond donors (Lipinski definition) is 1. The fourth-order valence-electron chi connectivity index (χ4n) is 3.37. The maximum Gasteiger partial charge on any atom is 0.240 e. The largest absolute Gasteiger partial charge is 0.474 e. The van der Waals surface area contributed by atoms with Crippen LogP contribution in [0.1, 0.15) is 30.1 Å². The zero-order valence-electron chi connectivity index (χ0n) is 14.4. The molecule has 5 nitrogen and oxygen atoms in total. The summed E-state index contributed by atoms with van der Waals surface area (Å²) >= 11 is 0. The summed E-state index contributed by atoms with van der Waals surface area (Å²) in [7, 11) is 0. The van der Waals surface area contributed by atoms with Crippen molar-refractivity contribution in [2.45, 2.75) is 25.8 Å². The molecule has 1 amide bonds. The lowest BCUT2D eigenvalue weighted by Gasteiger charge is -2.30. The van der Waals surface area contributed by atoms with Gasteiger partial charge in [-0.05, 0) is 43.4 Å². The Balaban J connectivity index is 1.46. The number of carbonyl (C=O) groups excluding carboxylic acids is 1. The standard InChI is InChI=1S/C20H23N3O2/c1-14-7-10-17-20(21-14)25-12-11-23(17)13-18(24)22-19(16-8-9-16)15-5-3-2-4-6-15/h2-7,10,16,19H,8-9,11-13H2,1H3,(H,22,24)/t19-/m1/s1. The van der Waals surface area contributed by atoms with Crippen molar-refractivity contribution in [3.05, 3.63) is 53.7 Å². The number of aromatic nitrogens is 1. The van der Waals surface area contributed by atoms with Crippen LogP contribution in [0.4, 0.5) is 5.69 Å². The van der Waals surface area contributed by atoms with E-state index < -0.39 is 0 Å². The Bertz CT molecular complexity index is 759. The molecule has 25 heavy (non-hydrogen) atoms. The van der Waals surface area contributed by atoms with Crippen LogP contribution in [0, 0.1) is 12.8 Å². The van der Waals surface area contributed by atoms with Crippen LogP contribution in [0.25, 0.3) is 0 Å². The second-order valence-electron chi connectivity index (χ2n) is 6.84. The molecule has 1 saturated carbocycles. The summed E-state index contributed by atoms with van der Waals surface area (Å²) in [5.74, 6) is 1.24. The van der Waals surface area contributed by atoms with Crippen LogP contribution in [0.5, 0.6) is 5.88 Å². The molecule has 0 radical (unpaired) electrons. The van der Waals surface area contributed by atoms with Crippen molar-refractivity contribution in [3.63, 3.8) is 0 Å². The number of benzene rings is 1. The monoisotopic (exact) mass is 337 g/mol. The zero-order valence-corrected chi connectivity index (χ0v) is 14.4. The summed E-state index contributed by atoms with van der Waals surface area (Å²) in [6.07, 6.45) is 2.37. The first-order valence-corrected chi connectivity index (χ1v) is 8.90. The average Bonchev–Trinajstić information content (AvgIpc) is 3.45. The van der Waals surface area contributed by atoms with Crippen molar-refractivity contribution in [2.24, 2.45) is 5.92 Å². The Morgan fingerprint density at radius 2 is 2.08 bits per heavy atom. The van der Waals surface area contributed by atoms with Gasteiger partial charge in [0.15, 0.2) is 0 Å². The van der Waals surface area contributed by atoms with Crippen molar-refractivity contribution in [2.75, 3.05) is 24.6 Å². The number of nitrogens with zero attached hydrogens (tertiary/aromatic N) is 2. The van der Waals surface area contributed by atoms with E-state index in [0.29, 0.717) is 31.5 Å². The van der Waals surface area contributed by atoms with Gasteiger partial charge in [-0.1, -0.05) is 30.3 Å². The van der Waals surface area contributed by atoms with Crippen molar-refractivity contribution >= 4 is 11.6 Å². The van der Waals surface area contributed by atoms with Gasteiger partial charge in [-0.3, -0.25) is 4.79 Å². The van der Waals surface area contributed by atoms with Gasteiger partial charge >= 0.3 is 0 Å². The summed E-state index contributed by atoms with van der Waals surface area (Å²) in [4.78, 5) is 19.2. The number of carbonyl (C=O) groups is 1. The van der Waals surface area contributed by atoms with Crippen molar-refractivity contribution in [1.29, 1.82) is 0 Å². The Kier molecular flexibility index (Phi) is 4.30. The predicted octanol–water partition coefficient (Wildman–Crippen LogP) is 2.86. The summed E-state index contributed by atoms with van der Waals surface area (Å²) in [6.45, 7) is 3.53. The molecule has 2 aromatic rings. The van der Waals surface area contributed by atoms with E-state index in [1.807, 2.05) is 37.3 Å². The number of ether oxygens (including phenoxy) is 1. The lowest BCUT2D eigenvalue weighted by Crippen LogP contribution is -2.42. The van der Waals surface area contributed by atoms with Gasteiger partial charge in [0.2, 0.25) is 11.8 Å². The molecule has 0 saturated heterocycles. The molecule has 1 aliphatic heterocycles. The van der Waals surface area contributed by atoms with E-state index in [2.05, 4.69) is 27.3 Å². The van der Waals surface area contributed by atoms with Crippen LogP contribution in [0.3, 0.4) is 0 Å². The Labute approximate surface area is 148 Å². The smallest absolute Gasteiger partial charge is 0.240 e. The Morgan fingerprint density at radius 3 is 2.84 bits per heavy atom. The molecule has 2 heterocycles. The van der Waals surface area contributed by atoms with Crippen LogP contribution in [-0.2, 0) is 4.79 Å². The third kappa shape index (κ3) is 3.60. The third-order valence-corrected chi connectivity index (χ3v) is 4.82. The number of hydrogen-bond acceptors (Lipinski definition) is 4. The molecule has 1 fully saturated rings. The maximum atomic E-state index is 12.7. The van der Waals surface area contributed by atoms with Gasteiger partial charge in [0, 0.05) is 5.69 Å². The average molecular weight is 337 g/mol. The highest BCUT2D eigenvalue weighted by Gasteiger charge is 2.33. The molecule has 130 valence electrons. The highest BCUT2D eigenvalue weighted by atomic mass is 16.5. The van der Waals surface area contributed by atoms with E-state index in [-0.39, 0.29) is 11.9 Å². The van der Waals surface area contributed by atoms with Gasteiger partial charge in [0.1, 0.15) is 12.3 Å². The highest BCUT2D eigenvalue weighted by molar-refractivity contribution is 5.82. The lowest BCUT2D eigenvalue weighted by molar-refractivity contribution is -0.120. The van der Waals surface area contributed by atoms with Gasteiger partial charge in [0.05, 0.1) is 19.1 Å². The highest BCUT2D eigenvalue weighted by Crippen LogP contribution is 2.41. The SMILES string of the molecule is Cc1ccc2c(n1)OCCN2CC(=O)N[C@H](c1ccccc1)C1CC1. The van der Waals surface area contributed by atoms with Crippen LogP contribution < -0.4 is 15.0 Å². The molecule has 0 bridgehead atoms. The second kappa shape index (κ2) is 6.75. The molecule has 1 aromatic carbocycles.